The molecule has 1 aliphatic rings. The lowest BCUT2D eigenvalue weighted by molar-refractivity contribution is 0.422. The molecule has 2 unspecified atom stereocenters. The molecule has 3 heterocycles. The summed E-state index contributed by atoms with van der Waals surface area (Å²) >= 11 is 1.63. The van der Waals surface area contributed by atoms with Crippen LogP contribution in [0.1, 0.15) is 18.5 Å². The quantitative estimate of drug-likeness (QED) is 0.905. The van der Waals surface area contributed by atoms with Crippen molar-refractivity contribution in [2.45, 2.75) is 25.3 Å². The lowest BCUT2D eigenvalue weighted by atomic mass is 9.96. The molecule has 110 valence electrons. The third kappa shape index (κ3) is 3.05. The summed E-state index contributed by atoms with van der Waals surface area (Å²) in [5.41, 5.74) is 1.07. The topological polar surface area (TPSA) is 63.5 Å². The fraction of sp³-hybridized carbons (Fsp3) is 0.615. The maximum absolute atomic E-state index is 11.5. The van der Waals surface area contributed by atoms with Crippen molar-refractivity contribution in [2.24, 2.45) is 5.92 Å². The van der Waals surface area contributed by atoms with E-state index >= 15 is 0 Å². The third-order valence-corrected chi connectivity index (χ3v) is 6.56. The Balaban J connectivity index is 1.63. The minimum absolute atomic E-state index is 0.290. The molecule has 0 radical (unpaired) electrons. The van der Waals surface area contributed by atoms with E-state index in [0.29, 0.717) is 17.4 Å². The maximum atomic E-state index is 11.5. The molecule has 0 bridgehead atoms. The van der Waals surface area contributed by atoms with Crippen molar-refractivity contribution in [3.8, 4) is 0 Å². The average molecular weight is 313 g/mol. The molecular weight excluding hydrogens is 294 g/mol. The first-order valence-electron chi connectivity index (χ1n) is 6.84. The number of imidazole rings is 1. The Morgan fingerprint density at radius 1 is 1.60 bits per heavy atom. The van der Waals surface area contributed by atoms with Gasteiger partial charge in [0, 0.05) is 30.2 Å². The van der Waals surface area contributed by atoms with Crippen LogP contribution in [0.5, 0.6) is 0 Å². The van der Waals surface area contributed by atoms with Crippen molar-refractivity contribution in [2.75, 3.05) is 18.6 Å². The molecule has 7 heteroatoms. The minimum Gasteiger partial charge on any atom is -0.317 e. The Labute approximate surface area is 122 Å². The van der Waals surface area contributed by atoms with Crippen LogP contribution in [-0.2, 0) is 16.3 Å². The van der Waals surface area contributed by atoms with Crippen molar-refractivity contribution >= 4 is 26.1 Å². The first-order chi connectivity index (χ1) is 9.55. The Morgan fingerprint density at radius 2 is 2.45 bits per heavy atom. The number of likely N-dealkylation sites (N-methyl/N-ethyl adjacent to an activating group) is 1. The van der Waals surface area contributed by atoms with Crippen molar-refractivity contribution in [1.29, 1.82) is 0 Å². The number of hydrogen-bond acceptors (Lipinski definition) is 5. The van der Waals surface area contributed by atoms with Gasteiger partial charge in [-0.25, -0.2) is 13.4 Å². The molecule has 20 heavy (non-hydrogen) atoms. The van der Waals surface area contributed by atoms with Gasteiger partial charge in [0.2, 0.25) is 0 Å². The lowest BCUT2D eigenvalue weighted by Gasteiger charge is -2.18. The van der Waals surface area contributed by atoms with E-state index in [1.165, 1.54) is 0 Å². The smallest absolute Gasteiger partial charge is 0.193 e. The Bertz CT molecular complexity index is 661. The molecule has 2 aromatic rings. The zero-order valence-electron chi connectivity index (χ0n) is 11.4. The Kier molecular flexibility index (Phi) is 3.83. The predicted molar refractivity (Wildman–Crippen MR) is 81.0 cm³/mol. The number of aromatic nitrogens is 2. The van der Waals surface area contributed by atoms with Gasteiger partial charge < -0.3 is 5.32 Å². The van der Waals surface area contributed by atoms with Crippen LogP contribution < -0.4 is 5.32 Å². The van der Waals surface area contributed by atoms with Crippen LogP contribution in [0.15, 0.2) is 17.8 Å². The monoisotopic (exact) mass is 313 g/mol. The van der Waals surface area contributed by atoms with Crippen molar-refractivity contribution in [1.82, 2.24) is 14.7 Å². The summed E-state index contributed by atoms with van der Waals surface area (Å²) in [6.07, 6.45) is 6.62. The second-order valence-electron chi connectivity index (χ2n) is 5.52. The molecule has 1 saturated heterocycles. The highest BCUT2D eigenvalue weighted by Crippen LogP contribution is 2.24. The van der Waals surface area contributed by atoms with Crippen LogP contribution >= 0.6 is 11.3 Å². The Morgan fingerprint density at radius 3 is 3.10 bits per heavy atom. The highest BCUT2D eigenvalue weighted by molar-refractivity contribution is 7.91. The summed E-state index contributed by atoms with van der Waals surface area (Å²) in [7, 11) is -0.843. The van der Waals surface area contributed by atoms with Crippen LogP contribution in [0.2, 0.25) is 0 Å². The van der Waals surface area contributed by atoms with E-state index in [1.807, 2.05) is 23.0 Å². The van der Waals surface area contributed by atoms with Crippen molar-refractivity contribution < 1.29 is 8.42 Å². The Hall–Kier alpha value is -0.920. The normalized spacial score (nSPS) is 23.4. The van der Waals surface area contributed by atoms with E-state index in [9.17, 15) is 8.42 Å². The summed E-state index contributed by atoms with van der Waals surface area (Å²) in [6.45, 7) is 0. The fourth-order valence-corrected chi connectivity index (χ4v) is 5.49. The maximum Gasteiger partial charge on any atom is 0.193 e. The van der Waals surface area contributed by atoms with E-state index in [-0.39, 0.29) is 6.04 Å². The molecule has 0 aromatic carbocycles. The van der Waals surface area contributed by atoms with Crippen LogP contribution in [0, 0.1) is 5.92 Å². The number of nitrogens with zero attached hydrogens (tertiary/aromatic N) is 2. The average Bonchev–Trinajstić information content (AvgIpc) is 3.03. The zero-order valence-corrected chi connectivity index (χ0v) is 13.1. The first-order valence-corrected chi connectivity index (χ1v) is 9.54. The van der Waals surface area contributed by atoms with Gasteiger partial charge in [-0.1, -0.05) is 0 Å². The molecule has 0 aliphatic carbocycles. The SMILES string of the molecule is CNC(Cc1cn2ccsc2n1)CC1CCS(=O)(=O)C1. The van der Waals surface area contributed by atoms with Gasteiger partial charge in [0.05, 0.1) is 17.2 Å². The van der Waals surface area contributed by atoms with E-state index in [0.717, 1.165) is 29.9 Å². The molecule has 5 nitrogen and oxygen atoms in total. The van der Waals surface area contributed by atoms with Crippen LogP contribution in [0.25, 0.3) is 4.96 Å². The molecule has 2 aromatic heterocycles. The summed E-state index contributed by atoms with van der Waals surface area (Å²) in [4.78, 5) is 5.60. The highest BCUT2D eigenvalue weighted by atomic mass is 32.2. The summed E-state index contributed by atoms with van der Waals surface area (Å²) in [5, 5.41) is 5.32. The zero-order chi connectivity index (χ0) is 14.2. The van der Waals surface area contributed by atoms with Gasteiger partial charge in [0.15, 0.2) is 14.8 Å². The van der Waals surface area contributed by atoms with Gasteiger partial charge in [-0.05, 0) is 25.8 Å². The number of thiazole rings is 1. The lowest BCUT2D eigenvalue weighted by Crippen LogP contribution is -2.30. The molecule has 1 N–H and O–H groups in total. The number of hydrogen-bond donors (Lipinski definition) is 1. The van der Waals surface area contributed by atoms with Crippen LogP contribution in [0.3, 0.4) is 0 Å². The van der Waals surface area contributed by atoms with E-state index in [2.05, 4.69) is 16.5 Å². The first kappa shape index (κ1) is 14.0. The molecule has 3 rings (SSSR count). The highest BCUT2D eigenvalue weighted by Gasteiger charge is 2.29. The van der Waals surface area contributed by atoms with E-state index in [1.54, 1.807) is 11.3 Å². The van der Waals surface area contributed by atoms with Gasteiger partial charge in [-0.3, -0.25) is 4.40 Å². The molecule has 2 atom stereocenters. The number of fused-ring (bicyclic) bond motifs is 1. The standard InChI is InChI=1S/C13H19N3O2S2/c1-14-11(6-10-2-5-20(17,18)9-10)7-12-8-16-3-4-19-13(16)15-12/h3-4,8,10-11,14H,2,5-7,9H2,1H3. The summed E-state index contributed by atoms with van der Waals surface area (Å²) < 4.78 is 25.1. The largest absolute Gasteiger partial charge is 0.317 e. The fourth-order valence-electron chi connectivity index (χ4n) is 2.89. The van der Waals surface area contributed by atoms with Crippen molar-refractivity contribution in [3.05, 3.63) is 23.5 Å². The van der Waals surface area contributed by atoms with Gasteiger partial charge in [0.1, 0.15) is 0 Å². The van der Waals surface area contributed by atoms with Gasteiger partial charge in [0.25, 0.3) is 0 Å². The van der Waals surface area contributed by atoms with Crippen LogP contribution in [-0.4, -0.2) is 42.4 Å². The number of nitrogens with one attached hydrogen (secondary N) is 1. The second-order valence-corrected chi connectivity index (χ2v) is 8.62. The molecule has 1 aliphatic heterocycles. The second kappa shape index (κ2) is 5.46. The van der Waals surface area contributed by atoms with Crippen molar-refractivity contribution in [3.63, 3.8) is 0 Å². The van der Waals surface area contributed by atoms with E-state index < -0.39 is 9.84 Å². The molecule has 0 amide bonds. The number of sulfone groups is 1. The van der Waals surface area contributed by atoms with Crippen LogP contribution in [0.4, 0.5) is 0 Å². The number of rotatable bonds is 5. The third-order valence-electron chi connectivity index (χ3n) is 3.95. The predicted octanol–water partition coefficient (Wildman–Crippen LogP) is 1.35. The van der Waals surface area contributed by atoms with Gasteiger partial charge >= 0.3 is 0 Å². The van der Waals surface area contributed by atoms with Gasteiger partial charge in [-0.15, -0.1) is 11.3 Å². The van der Waals surface area contributed by atoms with E-state index in [4.69, 9.17) is 0 Å². The summed E-state index contributed by atoms with van der Waals surface area (Å²) in [6, 6.07) is 0.290. The summed E-state index contributed by atoms with van der Waals surface area (Å²) in [5.74, 6) is 0.999. The van der Waals surface area contributed by atoms with Gasteiger partial charge in [-0.2, -0.15) is 0 Å². The molecule has 1 fully saturated rings. The molecule has 0 saturated carbocycles. The minimum atomic E-state index is -2.78. The molecule has 0 spiro atoms. The molecular formula is C13H19N3O2S2.